The summed E-state index contributed by atoms with van der Waals surface area (Å²) < 4.78 is 16.1. The molecule has 0 unspecified atom stereocenters. The van der Waals surface area contributed by atoms with Gasteiger partial charge in [0, 0.05) is 36.8 Å². The first-order chi connectivity index (χ1) is 12.2. The number of aromatic nitrogens is 2. The molecule has 2 aromatic rings. The number of nitrogens with zero attached hydrogens (tertiary/aromatic N) is 3. The van der Waals surface area contributed by atoms with Gasteiger partial charge >= 0.3 is 0 Å². The van der Waals surface area contributed by atoms with E-state index in [4.69, 9.17) is 14.0 Å². The van der Waals surface area contributed by atoms with Gasteiger partial charge in [-0.1, -0.05) is 19.0 Å². The molecular formula is C18H24N4O3. The molecule has 1 aromatic heterocycles. The molecule has 2 aliphatic rings. The molecule has 7 nitrogen and oxygen atoms in total. The molecule has 0 aliphatic carbocycles. The first-order valence-electron chi connectivity index (χ1n) is 8.89. The number of hydrogen-bond donors (Lipinski definition) is 1. The number of benzene rings is 1. The highest BCUT2D eigenvalue weighted by Crippen LogP contribution is 2.36. The van der Waals surface area contributed by atoms with Crippen molar-refractivity contribution in [1.29, 1.82) is 0 Å². The normalized spacial score (nSPS) is 17.5. The van der Waals surface area contributed by atoms with Gasteiger partial charge in [-0.2, -0.15) is 4.98 Å². The molecule has 2 aliphatic heterocycles. The molecule has 0 atom stereocenters. The highest BCUT2D eigenvalue weighted by Gasteiger charge is 2.22. The second-order valence-electron chi connectivity index (χ2n) is 6.88. The van der Waals surface area contributed by atoms with Crippen molar-refractivity contribution >= 4 is 5.69 Å². The molecule has 7 heteroatoms. The van der Waals surface area contributed by atoms with Crippen molar-refractivity contribution in [2.24, 2.45) is 0 Å². The Labute approximate surface area is 147 Å². The van der Waals surface area contributed by atoms with Crippen molar-refractivity contribution in [1.82, 2.24) is 15.5 Å². The number of rotatable bonds is 5. The molecule has 0 saturated carbocycles. The standard InChI is InChI=1S/C18H24N4O3/c1-12(2)18-20-17(21-25-18)10-19-13-5-7-22(8-6-13)14-3-4-15-16(9-14)24-11-23-15/h3-4,9,12-13,19H,5-8,10-11H2,1-2H3. The smallest absolute Gasteiger partial charge is 0.231 e. The molecule has 0 spiro atoms. The van der Waals surface area contributed by atoms with Crippen molar-refractivity contribution in [2.75, 3.05) is 24.8 Å². The molecule has 25 heavy (non-hydrogen) atoms. The van der Waals surface area contributed by atoms with Gasteiger partial charge in [0.05, 0.1) is 6.54 Å². The molecule has 1 fully saturated rings. The number of ether oxygens (including phenoxy) is 2. The summed E-state index contributed by atoms with van der Waals surface area (Å²) in [5.41, 5.74) is 1.20. The van der Waals surface area contributed by atoms with Gasteiger partial charge in [-0.3, -0.25) is 0 Å². The maximum Gasteiger partial charge on any atom is 0.231 e. The second-order valence-corrected chi connectivity index (χ2v) is 6.88. The zero-order valence-corrected chi connectivity index (χ0v) is 14.7. The SMILES string of the molecule is CC(C)c1nc(CNC2CCN(c3ccc4c(c3)OCO4)CC2)no1. The lowest BCUT2D eigenvalue weighted by atomic mass is 10.0. The van der Waals surface area contributed by atoms with Gasteiger partial charge in [0.2, 0.25) is 12.7 Å². The van der Waals surface area contributed by atoms with E-state index in [9.17, 15) is 0 Å². The van der Waals surface area contributed by atoms with E-state index in [1.807, 2.05) is 6.07 Å². The maximum absolute atomic E-state index is 5.47. The molecule has 1 N–H and O–H groups in total. The summed E-state index contributed by atoms with van der Waals surface area (Å²) in [5, 5.41) is 7.58. The Kier molecular flexibility index (Phi) is 4.48. The summed E-state index contributed by atoms with van der Waals surface area (Å²) in [6, 6.07) is 6.65. The first kappa shape index (κ1) is 16.2. The highest BCUT2D eigenvalue weighted by atomic mass is 16.7. The molecule has 1 aromatic carbocycles. The Bertz CT molecular complexity index is 723. The largest absolute Gasteiger partial charge is 0.454 e. The molecule has 1 saturated heterocycles. The number of hydrogen-bond acceptors (Lipinski definition) is 7. The average molecular weight is 344 g/mol. The summed E-state index contributed by atoms with van der Waals surface area (Å²) in [7, 11) is 0. The topological polar surface area (TPSA) is 72.7 Å². The van der Waals surface area contributed by atoms with Crippen molar-refractivity contribution < 1.29 is 14.0 Å². The minimum Gasteiger partial charge on any atom is -0.454 e. The van der Waals surface area contributed by atoms with E-state index in [1.54, 1.807) is 0 Å². The fourth-order valence-electron chi connectivity index (χ4n) is 3.23. The van der Waals surface area contributed by atoms with Crippen molar-refractivity contribution in [3.63, 3.8) is 0 Å². The number of piperidine rings is 1. The van der Waals surface area contributed by atoms with Crippen LogP contribution in [-0.4, -0.2) is 36.1 Å². The quantitative estimate of drug-likeness (QED) is 0.894. The van der Waals surface area contributed by atoms with Crippen molar-refractivity contribution in [3.05, 3.63) is 29.9 Å². The molecular weight excluding hydrogens is 320 g/mol. The van der Waals surface area contributed by atoms with E-state index < -0.39 is 0 Å². The molecule has 0 bridgehead atoms. The third kappa shape index (κ3) is 3.56. The van der Waals surface area contributed by atoms with Crippen LogP contribution in [0.1, 0.15) is 44.3 Å². The Morgan fingerprint density at radius 3 is 2.76 bits per heavy atom. The van der Waals surface area contributed by atoms with Gasteiger partial charge in [0.15, 0.2) is 17.3 Å². The molecule has 0 amide bonds. The molecule has 4 rings (SSSR count). The summed E-state index contributed by atoms with van der Waals surface area (Å²) >= 11 is 0. The Hall–Kier alpha value is -2.28. The van der Waals surface area contributed by atoms with Gasteiger partial charge < -0.3 is 24.2 Å². The van der Waals surface area contributed by atoms with Gasteiger partial charge in [-0.05, 0) is 25.0 Å². The van der Waals surface area contributed by atoms with Crippen LogP contribution in [-0.2, 0) is 6.54 Å². The summed E-state index contributed by atoms with van der Waals surface area (Å²) in [6.07, 6.45) is 2.17. The number of anilines is 1. The van der Waals surface area contributed by atoms with Crippen LogP contribution >= 0.6 is 0 Å². The van der Waals surface area contributed by atoms with E-state index in [-0.39, 0.29) is 5.92 Å². The predicted octanol–water partition coefficient (Wildman–Crippen LogP) is 2.68. The third-order valence-corrected chi connectivity index (χ3v) is 4.74. The van der Waals surface area contributed by atoms with E-state index in [1.165, 1.54) is 5.69 Å². The zero-order valence-electron chi connectivity index (χ0n) is 14.7. The Balaban J connectivity index is 1.28. The van der Waals surface area contributed by atoms with Crippen LogP contribution in [0, 0.1) is 0 Å². The van der Waals surface area contributed by atoms with Crippen LogP contribution < -0.4 is 19.7 Å². The fraction of sp³-hybridized carbons (Fsp3) is 0.556. The van der Waals surface area contributed by atoms with Crippen LogP contribution in [0.2, 0.25) is 0 Å². The van der Waals surface area contributed by atoms with Gasteiger partial charge in [-0.25, -0.2) is 0 Å². The third-order valence-electron chi connectivity index (χ3n) is 4.74. The summed E-state index contributed by atoms with van der Waals surface area (Å²) in [4.78, 5) is 6.81. The minimum absolute atomic E-state index is 0.270. The highest BCUT2D eigenvalue weighted by molar-refractivity contribution is 5.57. The van der Waals surface area contributed by atoms with Crippen LogP contribution in [0.4, 0.5) is 5.69 Å². The molecule has 0 radical (unpaired) electrons. The second kappa shape index (κ2) is 6.92. The van der Waals surface area contributed by atoms with Gasteiger partial charge in [0.1, 0.15) is 0 Å². The van der Waals surface area contributed by atoms with Crippen LogP contribution in [0.5, 0.6) is 11.5 Å². The van der Waals surface area contributed by atoms with Crippen LogP contribution in [0.3, 0.4) is 0 Å². The van der Waals surface area contributed by atoms with Crippen molar-refractivity contribution in [3.8, 4) is 11.5 Å². The average Bonchev–Trinajstić information content (AvgIpc) is 3.29. The lowest BCUT2D eigenvalue weighted by Gasteiger charge is -2.34. The number of fused-ring (bicyclic) bond motifs is 1. The van der Waals surface area contributed by atoms with E-state index in [2.05, 4.69) is 46.3 Å². The van der Waals surface area contributed by atoms with E-state index in [0.29, 0.717) is 25.3 Å². The van der Waals surface area contributed by atoms with Gasteiger partial charge in [0.25, 0.3) is 0 Å². The minimum atomic E-state index is 0.270. The summed E-state index contributed by atoms with van der Waals surface area (Å²) in [6.45, 7) is 7.11. The predicted molar refractivity (Wildman–Crippen MR) is 93.0 cm³/mol. The Morgan fingerprint density at radius 1 is 1.20 bits per heavy atom. The zero-order chi connectivity index (χ0) is 17.2. The maximum atomic E-state index is 5.47. The monoisotopic (exact) mass is 344 g/mol. The lowest BCUT2D eigenvalue weighted by Crippen LogP contribution is -2.42. The van der Waals surface area contributed by atoms with Crippen LogP contribution in [0.25, 0.3) is 0 Å². The molecule has 3 heterocycles. The van der Waals surface area contributed by atoms with Crippen LogP contribution in [0.15, 0.2) is 22.7 Å². The first-order valence-corrected chi connectivity index (χ1v) is 8.89. The fourth-order valence-corrected chi connectivity index (χ4v) is 3.23. The van der Waals surface area contributed by atoms with Crippen molar-refractivity contribution in [2.45, 2.75) is 45.2 Å². The number of nitrogens with one attached hydrogen (secondary N) is 1. The van der Waals surface area contributed by atoms with E-state index in [0.717, 1.165) is 43.3 Å². The lowest BCUT2D eigenvalue weighted by molar-refractivity contribution is 0.174. The van der Waals surface area contributed by atoms with E-state index >= 15 is 0 Å². The molecule has 134 valence electrons. The summed E-state index contributed by atoms with van der Waals surface area (Å²) in [5.74, 6) is 3.39. The van der Waals surface area contributed by atoms with Gasteiger partial charge in [-0.15, -0.1) is 0 Å². The Morgan fingerprint density at radius 2 is 2.00 bits per heavy atom.